The zero-order valence-electron chi connectivity index (χ0n) is 16.8. The van der Waals surface area contributed by atoms with Crippen LogP contribution in [0.3, 0.4) is 0 Å². The lowest BCUT2D eigenvalue weighted by Crippen LogP contribution is -2.38. The summed E-state index contributed by atoms with van der Waals surface area (Å²) in [6, 6.07) is 12.8. The van der Waals surface area contributed by atoms with Crippen molar-refractivity contribution >= 4 is 38.6 Å². The summed E-state index contributed by atoms with van der Waals surface area (Å²) in [6.07, 6.45) is 3.97. The number of pyridine rings is 1. The summed E-state index contributed by atoms with van der Waals surface area (Å²) in [5.41, 5.74) is 4.36. The molecule has 0 unspecified atom stereocenters. The highest BCUT2D eigenvalue weighted by molar-refractivity contribution is 7.18. The van der Waals surface area contributed by atoms with Crippen molar-refractivity contribution < 1.29 is 0 Å². The number of anilines is 2. The van der Waals surface area contributed by atoms with Crippen LogP contribution in [0.4, 0.5) is 11.5 Å². The number of thiazole rings is 1. The highest BCUT2D eigenvalue weighted by Gasteiger charge is 2.21. The van der Waals surface area contributed by atoms with E-state index < -0.39 is 0 Å². The average molecular weight is 418 g/mol. The summed E-state index contributed by atoms with van der Waals surface area (Å²) < 4.78 is 3.01. The summed E-state index contributed by atoms with van der Waals surface area (Å²) in [5, 5.41) is 26.0. The van der Waals surface area contributed by atoms with Crippen LogP contribution in [0.2, 0.25) is 0 Å². The molecule has 1 aliphatic heterocycles. The number of para-hydroxylation sites is 1. The summed E-state index contributed by atoms with van der Waals surface area (Å²) in [6.45, 7) is 4.61. The van der Waals surface area contributed by atoms with Crippen molar-refractivity contribution in [1.29, 1.82) is 5.26 Å². The van der Waals surface area contributed by atoms with Gasteiger partial charge in [0.1, 0.15) is 22.5 Å². The van der Waals surface area contributed by atoms with E-state index in [1.54, 1.807) is 17.5 Å². The number of piperidine rings is 1. The van der Waals surface area contributed by atoms with Crippen molar-refractivity contribution in [3.63, 3.8) is 0 Å². The van der Waals surface area contributed by atoms with Gasteiger partial charge in [-0.2, -0.15) is 10.4 Å². The first kappa shape index (κ1) is 18.9. The molecule has 7 nitrogen and oxygen atoms in total. The Morgan fingerprint density at radius 3 is 3.03 bits per heavy atom. The van der Waals surface area contributed by atoms with Crippen LogP contribution in [0.1, 0.15) is 29.0 Å². The van der Waals surface area contributed by atoms with Crippen LogP contribution in [0.15, 0.2) is 36.5 Å². The number of benzene rings is 1. The lowest BCUT2D eigenvalue weighted by Gasteiger charge is -2.27. The molecular formula is C22H23N7S. The predicted molar refractivity (Wildman–Crippen MR) is 121 cm³/mol. The van der Waals surface area contributed by atoms with E-state index >= 15 is 0 Å². The molecule has 0 bridgehead atoms. The van der Waals surface area contributed by atoms with Crippen molar-refractivity contribution in [3.05, 3.63) is 52.7 Å². The zero-order chi connectivity index (χ0) is 20.5. The molecule has 0 spiro atoms. The Balaban J connectivity index is 1.51. The van der Waals surface area contributed by atoms with Gasteiger partial charge >= 0.3 is 0 Å². The van der Waals surface area contributed by atoms with Crippen molar-refractivity contribution in [3.8, 4) is 6.07 Å². The first-order valence-corrected chi connectivity index (χ1v) is 11.0. The van der Waals surface area contributed by atoms with E-state index in [0.717, 1.165) is 59.0 Å². The fourth-order valence-electron chi connectivity index (χ4n) is 4.10. The first-order valence-electron chi connectivity index (χ1n) is 10.2. The molecule has 1 aromatic carbocycles. The normalized spacial score (nSPS) is 16.6. The quantitative estimate of drug-likeness (QED) is 0.456. The van der Waals surface area contributed by atoms with Crippen molar-refractivity contribution in [2.24, 2.45) is 0 Å². The van der Waals surface area contributed by atoms with Gasteiger partial charge in [0.2, 0.25) is 0 Å². The summed E-state index contributed by atoms with van der Waals surface area (Å²) in [4.78, 5) is 4.73. The van der Waals surface area contributed by atoms with E-state index in [1.807, 2.05) is 35.7 Å². The van der Waals surface area contributed by atoms with Gasteiger partial charge in [-0.05, 0) is 44.5 Å². The first-order chi connectivity index (χ1) is 14.7. The minimum atomic E-state index is 0.312. The molecule has 0 amide bonds. The van der Waals surface area contributed by atoms with Gasteiger partial charge in [0.05, 0.1) is 34.2 Å². The van der Waals surface area contributed by atoms with Crippen molar-refractivity contribution in [2.75, 3.05) is 23.7 Å². The maximum Gasteiger partial charge on any atom is 0.133 e. The minimum absolute atomic E-state index is 0.312. The van der Waals surface area contributed by atoms with Crippen LogP contribution in [0.5, 0.6) is 0 Å². The summed E-state index contributed by atoms with van der Waals surface area (Å²) >= 11 is 1.69. The minimum Gasteiger partial charge on any atom is -0.380 e. The molecule has 0 aliphatic carbocycles. The van der Waals surface area contributed by atoms with Gasteiger partial charge in [0.15, 0.2) is 0 Å². The van der Waals surface area contributed by atoms with Crippen LogP contribution >= 0.6 is 11.3 Å². The van der Waals surface area contributed by atoms with E-state index in [1.165, 1.54) is 4.70 Å². The standard InChI is InChI=1S/C22H23N7S/c1-14-21(27-15-5-4-9-24-12-15)16(11-23)18-8-10-26-29(18)22(14)25-13-20-28-17-6-2-3-7-19(17)30-20/h2-3,6-8,10,15,24-25,27H,4-5,9,12-13H2,1H3/t15-/m1/s1. The molecule has 1 fully saturated rings. The lowest BCUT2D eigenvalue weighted by atomic mass is 10.0. The van der Waals surface area contributed by atoms with Crippen molar-refractivity contribution in [2.45, 2.75) is 32.4 Å². The van der Waals surface area contributed by atoms with Gasteiger partial charge in [0.25, 0.3) is 0 Å². The molecule has 3 N–H and O–H groups in total. The fourth-order valence-corrected chi connectivity index (χ4v) is 5.01. The third-order valence-corrected chi connectivity index (χ3v) is 6.63. The molecule has 1 saturated heterocycles. The number of fused-ring (bicyclic) bond motifs is 2. The molecule has 5 rings (SSSR count). The van der Waals surface area contributed by atoms with E-state index in [0.29, 0.717) is 18.2 Å². The van der Waals surface area contributed by atoms with Crippen LogP contribution < -0.4 is 16.0 Å². The number of rotatable bonds is 5. The SMILES string of the molecule is Cc1c(N[C@@H]2CCCNC2)c(C#N)c2ccnn2c1NCc1nc2ccccc2s1. The van der Waals surface area contributed by atoms with Crippen molar-refractivity contribution in [1.82, 2.24) is 19.9 Å². The molecule has 8 heteroatoms. The molecule has 4 aromatic rings. The second-order valence-corrected chi connectivity index (χ2v) is 8.70. The predicted octanol–water partition coefficient (Wildman–Crippen LogP) is 3.90. The molecule has 1 aliphatic rings. The molecule has 3 aromatic heterocycles. The number of nitrogens with one attached hydrogen (secondary N) is 3. The van der Waals surface area contributed by atoms with E-state index in [4.69, 9.17) is 4.98 Å². The number of hydrogen-bond donors (Lipinski definition) is 3. The molecule has 0 radical (unpaired) electrons. The molecule has 0 saturated carbocycles. The zero-order valence-corrected chi connectivity index (χ0v) is 17.6. The molecule has 4 heterocycles. The average Bonchev–Trinajstić information content (AvgIpc) is 3.41. The molecular weight excluding hydrogens is 394 g/mol. The number of nitriles is 1. The van der Waals surface area contributed by atoms with Crippen LogP contribution in [0, 0.1) is 18.3 Å². The number of aromatic nitrogens is 3. The lowest BCUT2D eigenvalue weighted by molar-refractivity contribution is 0.479. The number of hydrogen-bond acceptors (Lipinski definition) is 7. The van der Waals surface area contributed by atoms with Gasteiger partial charge in [0, 0.05) is 18.2 Å². The second kappa shape index (κ2) is 7.94. The Morgan fingerprint density at radius 2 is 2.23 bits per heavy atom. The smallest absolute Gasteiger partial charge is 0.133 e. The molecule has 152 valence electrons. The highest BCUT2D eigenvalue weighted by atomic mass is 32.1. The van der Waals surface area contributed by atoms with Gasteiger partial charge < -0.3 is 16.0 Å². The fraction of sp³-hybridized carbons (Fsp3) is 0.318. The Bertz CT molecular complexity index is 1210. The van der Waals surface area contributed by atoms with Gasteiger partial charge in [-0.25, -0.2) is 9.50 Å². The van der Waals surface area contributed by atoms with E-state index in [-0.39, 0.29) is 0 Å². The molecule has 1 atom stereocenters. The monoisotopic (exact) mass is 417 g/mol. The summed E-state index contributed by atoms with van der Waals surface area (Å²) in [7, 11) is 0. The maximum absolute atomic E-state index is 9.89. The Kier molecular flexibility index (Phi) is 4.99. The van der Waals surface area contributed by atoms with Crippen LogP contribution in [-0.4, -0.2) is 33.7 Å². The van der Waals surface area contributed by atoms with Gasteiger partial charge in [-0.15, -0.1) is 11.3 Å². The Hall–Kier alpha value is -3.15. The van der Waals surface area contributed by atoms with E-state index in [9.17, 15) is 5.26 Å². The maximum atomic E-state index is 9.89. The second-order valence-electron chi connectivity index (χ2n) is 7.58. The number of nitrogens with zero attached hydrogens (tertiary/aromatic N) is 4. The highest BCUT2D eigenvalue weighted by Crippen LogP contribution is 2.33. The topological polar surface area (TPSA) is 90.1 Å². The Labute approximate surface area is 178 Å². The van der Waals surface area contributed by atoms with Gasteiger partial charge in [-0.1, -0.05) is 12.1 Å². The summed E-state index contributed by atoms with van der Waals surface area (Å²) in [5.74, 6) is 0.888. The van der Waals surface area contributed by atoms with Crippen LogP contribution in [0.25, 0.3) is 15.7 Å². The largest absolute Gasteiger partial charge is 0.380 e. The van der Waals surface area contributed by atoms with Crippen LogP contribution in [-0.2, 0) is 6.54 Å². The Morgan fingerprint density at radius 1 is 1.33 bits per heavy atom. The third kappa shape index (κ3) is 3.36. The van der Waals surface area contributed by atoms with Gasteiger partial charge in [-0.3, -0.25) is 0 Å². The third-order valence-electron chi connectivity index (χ3n) is 5.59. The van der Waals surface area contributed by atoms with E-state index in [2.05, 4.69) is 33.2 Å². The molecule has 30 heavy (non-hydrogen) atoms.